The molecular weight excluding hydrogens is 296 g/mol. The van der Waals surface area contributed by atoms with Crippen LogP contribution in [0.25, 0.3) is 17.2 Å². The van der Waals surface area contributed by atoms with E-state index < -0.39 is 0 Å². The average Bonchev–Trinajstić information content (AvgIpc) is 3.11. The molecule has 2 aliphatic rings. The number of nitrogens with one attached hydrogen (secondary N) is 2. The fraction of sp³-hybridized carbons (Fsp3) is 0.250. The lowest BCUT2D eigenvalue weighted by atomic mass is 10.0. The first kappa shape index (κ1) is 14.7. The molecule has 4 heteroatoms. The molecule has 118 valence electrons. The van der Waals surface area contributed by atoms with Gasteiger partial charge in [-0.25, -0.2) is 0 Å². The Morgan fingerprint density at radius 1 is 1.12 bits per heavy atom. The van der Waals surface area contributed by atoms with E-state index in [1.54, 1.807) is 0 Å². The molecule has 4 nitrogen and oxygen atoms in total. The minimum Gasteiger partial charge on any atom is -0.376 e. The summed E-state index contributed by atoms with van der Waals surface area (Å²) in [4.78, 5) is 0. The molecule has 2 aromatic carbocycles. The quantitative estimate of drug-likeness (QED) is 0.829. The van der Waals surface area contributed by atoms with E-state index in [1.807, 2.05) is 36.6 Å². The van der Waals surface area contributed by atoms with E-state index >= 15 is 0 Å². The van der Waals surface area contributed by atoms with Crippen LogP contribution >= 0.6 is 0 Å². The van der Waals surface area contributed by atoms with Crippen molar-refractivity contribution in [3.05, 3.63) is 52.5 Å². The zero-order chi connectivity index (χ0) is 16.4. The molecule has 0 atom stereocenters. The minimum absolute atomic E-state index is 0.479. The number of piperidine rings is 1. The van der Waals surface area contributed by atoms with Crippen molar-refractivity contribution in [2.75, 3.05) is 18.4 Å². The SMILES string of the molecule is N#Cc1cccc(-c2cc(NC3CCNCC3)c3c(c2)=CC=[N+]=3)c1. The number of nitriles is 1. The Bertz CT molecular complexity index is 972. The van der Waals surface area contributed by atoms with Crippen LogP contribution in [0.2, 0.25) is 0 Å². The number of benzene rings is 2. The molecule has 4 rings (SSSR count). The summed E-state index contributed by atoms with van der Waals surface area (Å²) in [5.41, 5.74) is 3.94. The highest BCUT2D eigenvalue weighted by Crippen LogP contribution is 2.21. The van der Waals surface area contributed by atoms with E-state index in [4.69, 9.17) is 5.26 Å². The summed E-state index contributed by atoms with van der Waals surface area (Å²) in [6, 6.07) is 14.7. The second-order valence-electron chi connectivity index (χ2n) is 6.27. The van der Waals surface area contributed by atoms with Gasteiger partial charge < -0.3 is 10.6 Å². The second-order valence-corrected chi connectivity index (χ2v) is 6.27. The molecule has 0 aliphatic carbocycles. The van der Waals surface area contributed by atoms with Crippen LogP contribution in [0.1, 0.15) is 18.4 Å². The Morgan fingerprint density at radius 3 is 2.83 bits per heavy atom. The molecule has 2 N–H and O–H groups in total. The first-order chi connectivity index (χ1) is 11.8. The van der Waals surface area contributed by atoms with Crippen molar-refractivity contribution in [2.45, 2.75) is 18.9 Å². The summed E-state index contributed by atoms with van der Waals surface area (Å²) in [5.74, 6) is 0. The lowest BCUT2D eigenvalue weighted by Crippen LogP contribution is -2.38. The molecule has 2 aliphatic heterocycles. The van der Waals surface area contributed by atoms with Crippen LogP contribution < -0.4 is 25.9 Å². The van der Waals surface area contributed by atoms with Gasteiger partial charge in [-0.2, -0.15) is 5.26 Å². The van der Waals surface area contributed by atoms with Crippen molar-refractivity contribution in [2.24, 2.45) is 0 Å². The van der Waals surface area contributed by atoms with E-state index in [1.165, 1.54) is 0 Å². The van der Waals surface area contributed by atoms with Gasteiger partial charge in [0.2, 0.25) is 0 Å². The third kappa shape index (κ3) is 2.83. The van der Waals surface area contributed by atoms with E-state index in [0.29, 0.717) is 11.6 Å². The van der Waals surface area contributed by atoms with Gasteiger partial charge >= 0.3 is 5.36 Å². The van der Waals surface area contributed by atoms with Gasteiger partial charge in [-0.3, -0.25) is 0 Å². The summed E-state index contributed by atoms with van der Waals surface area (Å²) in [5, 5.41) is 18.4. The number of nitrogens with zero attached hydrogens (tertiary/aromatic N) is 2. The standard InChI is InChI=1S/C20H18N4/c21-13-14-2-1-3-15(10-14)17-11-16-4-9-23-20(16)19(12-17)24-18-5-7-22-8-6-18/h1-4,9-12,18,22H,5-8H2/p+1. The van der Waals surface area contributed by atoms with Crippen molar-refractivity contribution in [1.82, 2.24) is 9.98 Å². The number of rotatable bonds is 3. The van der Waals surface area contributed by atoms with Crippen LogP contribution in [0, 0.1) is 11.3 Å². The first-order valence-corrected chi connectivity index (χ1v) is 8.37. The van der Waals surface area contributed by atoms with Crippen LogP contribution in [0.5, 0.6) is 0 Å². The second kappa shape index (κ2) is 6.33. The molecule has 0 bridgehead atoms. The maximum atomic E-state index is 9.14. The van der Waals surface area contributed by atoms with Crippen molar-refractivity contribution >= 4 is 18.0 Å². The summed E-state index contributed by atoms with van der Waals surface area (Å²) >= 11 is 0. The minimum atomic E-state index is 0.479. The highest BCUT2D eigenvalue weighted by Gasteiger charge is 2.18. The molecular formula is C20H19N4+. The van der Waals surface area contributed by atoms with Crippen LogP contribution in [0.3, 0.4) is 0 Å². The molecule has 1 fully saturated rings. The van der Waals surface area contributed by atoms with Gasteiger partial charge in [0, 0.05) is 12.1 Å². The molecule has 0 aromatic heterocycles. The highest BCUT2D eigenvalue weighted by atomic mass is 15.0. The number of fused-ring (bicyclic) bond motifs is 1. The normalized spacial score (nSPS) is 16.0. The predicted molar refractivity (Wildman–Crippen MR) is 97.1 cm³/mol. The summed E-state index contributed by atoms with van der Waals surface area (Å²) in [7, 11) is 0. The zero-order valence-electron chi connectivity index (χ0n) is 13.4. The molecule has 0 radical (unpaired) electrons. The largest absolute Gasteiger partial charge is 0.376 e. The predicted octanol–water partition coefficient (Wildman–Crippen LogP) is 0.941. The third-order valence-corrected chi connectivity index (χ3v) is 4.62. The first-order valence-electron chi connectivity index (χ1n) is 8.37. The third-order valence-electron chi connectivity index (χ3n) is 4.62. The molecule has 1 saturated heterocycles. The van der Waals surface area contributed by atoms with Crippen LogP contribution in [-0.4, -0.2) is 25.3 Å². The average molecular weight is 315 g/mol. The van der Waals surface area contributed by atoms with Crippen molar-refractivity contribution in [3.63, 3.8) is 0 Å². The Labute approximate surface area is 140 Å². The van der Waals surface area contributed by atoms with Gasteiger partial charge in [0.05, 0.1) is 16.9 Å². The molecule has 0 amide bonds. The fourth-order valence-electron chi connectivity index (χ4n) is 3.35. The Kier molecular flexibility index (Phi) is 3.88. The molecule has 2 aromatic rings. The van der Waals surface area contributed by atoms with Gasteiger partial charge in [-0.15, -0.1) is 0 Å². The molecule has 0 saturated carbocycles. The molecule has 24 heavy (non-hydrogen) atoms. The lowest BCUT2D eigenvalue weighted by Gasteiger charge is -2.24. The van der Waals surface area contributed by atoms with Crippen LogP contribution in [0.15, 0.2) is 36.4 Å². The molecule has 2 heterocycles. The summed E-state index contributed by atoms with van der Waals surface area (Å²) in [6.45, 7) is 2.11. The van der Waals surface area contributed by atoms with Gasteiger partial charge in [0.15, 0.2) is 0 Å². The van der Waals surface area contributed by atoms with E-state index in [2.05, 4.69) is 33.5 Å². The maximum absolute atomic E-state index is 9.14. The number of hydrogen-bond acceptors (Lipinski definition) is 3. The van der Waals surface area contributed by atoms with Gasteiger partial charge in [-0.05, 0) is 61.3 Å². The van der Waals surface area contributed by atoms with Crippen LogP contribution in [-0.2, 0) is 0 Å². The van der Waals surface area contributed by atoms with E-state index in [-0.39, 0.29) is 0 Å². The zero-order valence-corrected chi connectivity index (χ0v) is 13.4. The van der Waals surface area contributed by atoms with Gasteiger partial charge in [-0.1, -0.05) is 16.8 Å². The lowest BCUT2D eigenvalue weighted by molar-refractivity contribution is 0.479. The van der Waals surface area contributed by atoms with Crippen molar-refractivity contribution < 1.29 is 0 Å². The Balaban J connectivity index is 1.76. The van der Waals surface area contributed by atoms with Crippen molar-refractivity contribution in [1.29, 1.82) is 5.26 Å². The Morgan fingerprint density at radius 2 is 2.00 bits per heavy atom. The molecule has 0 unspecified atom stereocenters. The highest BCUT2D eigenvalue weighted by molar-refractivity contribution is 5.92. The number of anilines is 1. The topological polar surface area (TPSA) is 62.0 Å². The monoisotopic (exact) mass is 315 g/mol. The summed E-state index contributed by atoms with van der Waals surface area (Å²) in [6.07, 6.45) is 6.14. The van der Waals surface area contributed by atoms with E-state index in [9.17, 15) is 0 Å². The van der Waals surface area contributed by atoms with Crippen LogP contribution in [0.4, 0.5) is 5.69 Å². The number of hydrogen-bond donors (Lipinski definition) is 2. The molecule has 0 spiro atoms. The Hall–Kier alpha value is -2.86. The van der Waals surface area contributed by atoms with Gasteiger partial charge in [0.25, 0.3) is 6.21 Å². The van der Waals surface area contributed by atoms with Crippen molar-refractivity contribution in [3.8, 4) is 17.2 Å². The van der Waals surface area contributed by atoms with Gasteiger partial charge in [0.1, 0.15) is 5.69 Å². The fourth-order valence-corrected chi connectivity index (χ4v) is 3.35. The summed E-state index contributed by atoms with van der Waals surface area (Å²) < 4.78 is 4.52. The van der Waals surface area contributed by atoms with E-state index in [0.717, 1.165) is 53.3 Å². The maximum Gasteiger partial charge on any atom is 0.357 e. The smallest absolute Gasteiger partial charge is 0.357 e.